The predicted octanol–water partition coefficient (Wildman–Crippen LogP) is 0.356. The minimum Gasteiger partial charge on any atom is -0.362 e. The Morgan fingerprint density at radius 1 is 1.17 bits per heavy atom. The van der Waals surface area contributed by atoms with Crippen LogP contribution in [0.5, 0.6) is 0 Å². The van der Waals surface area contributed by atoms with Gasteiger partial charge < -0.3 is 10.2 Å². The molecule has 6 heteroatoms. The second kappa shape index (κ2) is 4.30. The predicted molar refractivity (Wildman–Crippen MR) is 39.2 cm³/mol. The number of nitrogens with two attached hydrogens (primary N) is 1. The van der Waals surface area contributed by atoms with Crippen molar-refractivity contribution in [3.63, 3.8) is 0 Å². The number of carbonyl (C=O) groups is 1. The summed E-state index contributed by atoms with van der Waals surface area (Å²) >= 11 is 0. The SMILES string of the molecule is C[N+](C)(C)C.NC(=O)C(F)(F)F. The molecule has 3 nitrogen and oxygen atoms in total. The first-order valence-corrected chi connectivity index (χ1v) is 3.10. The Balaban J connectivity index is 0. The standard InChI is InChI=1S/C4H12N.C2H2F3NO/c1-5(2,3)4;3-2(4,5)1(6)7/h1-4H3;(H2,6,7)/q+1;. The van der Waals surface area contributed by atoms with Crippen molar-refractivity contribution in [3.05, 3.63) is 0 Å². The summed E-state index contributed by atoms with van der Waals surface area (Å²) in [5.74, 6) is -2.26. The van der Waals surface area contributed by atoms with Crippen LogP contribution in [0.3, 0.4) is 0 Å². The maximum Gasteiger partial charge on any atom is 0.470 e. The van der Waals surface area contributed by atoms with Crippen molar-refractivity contribution in [3.8, 4) is 0 Å². The number of hydrogen-bond donors (Lipinski definition) is 1. The summed E-state index contributed by atoms with van der Waals surface area (Å²) in [5.41, 5.74) is 3.81. The summed E-state index contributed by atoms with van der Waals surface area (Å²) in [4.78, 5) is 9.12. The Hall–Kier alpha value is -0.780. The molecule has 0 heterocycles. The Bertz CT molecular complexity index is 142. The molecule has 0 aliphatic carbocycles. The van der Waals surface area contributed by atoms with Crippen LogP contribution in [-0.2, 0) is 4.79 Å². The van der Waals surface area contributed by atoms with E-state index in [1.807, 2.05) is 0 Å². The van der Waals surface area contributed by atoms with E-state index in [2.05, 4.69) is 33.9 Å². The van der Waals surface area contributed by atoms with E-state index in [1.165, 1.54) is 0 Å². The van der Waals surface area contributed by atoms with Gasteiger partial charge in [-0.3, -0.25) is 4.79 Å². The fourth-order valence-electron chi connectivity index (χ4n) is 0. The van der Waals surface area contributed by atoms with Gasteiger partial charge in [-0.25, -0.2) is 0 Å². The second-order valence-corrected chi connectivity index (χ2v) is 3.55. The van der Waals surface area contributed by atoms with Crippen LogP contribution >= 0.6 is 0 Å². The number of halogens is 3. The largest absolute Gasteiger partial charge is 0.470 e. The Morgan fingerprint density at radius 3 is 1.25 bits per heavy atom. The molecule has 2 N–H and O–H groups in total. The van der Waals surface area contributed by atoms with Crippen LogP contribution in [0.15, 0.2) is 0 Å². The van der Waals surface area contributed by atoms with Crippen LogP contribution < -0.4 is 5.73 Å². The van der Waals surface area contributed by atoms with E-state index in [0.717, 1.165) is 4.48 Å². The molecule has 0 atom stereocenters. The Labute approximate surface area is 69.5 Å². The van der Waals surface area contributed by atoms with Gasteiger partial charge in [0.05, 0.1) is 28.2 Å². The molecule has 0 aromatic carbocycles. The molecule has 74 valence electrons. The molecular formula is C6H14F3N2O+. The van der Waals surface area contributed by atoms with Gasteiger partial charge in [-0.05, 0) is 0 Å². The smallest absolute Gasteiger partial charge is 0.362 e. The first-order valence-electron chi connectivity index (χ1n) is 3.10. The molecule has 1 amide bonds. The van der Waals surface area contributed by atoms with E-state index < -0.39 is 12.1 Å². The van der Waals surface area contributed by atoms with Gasteiger partial charge in [-0.2, -0.15) is 13.2 Å². The molecule has 0 bridgehead atoms. The quantitative estimate of drug-likeness (QED) is 0.546. The van der Waals surface area contributed by atoms with Gasteiger partial charge in [0.1, 0.15) is 0 Å². The minimum absolute atomic E-state index is 1.00. The monoisotopic (exact) mass is 187 g/mol. The van der Waals surface area contributed by atoms with Crippen LogP contribution in [0, 0.1) is 0 Å². The van der Waals surface area contributed by atoms with Gasteiger partial charge in [0.2, 0.25) is 0 Å². The topological polar surface area (TPSA) is 43.1 Å². The molecular weight excluding hydrogens is 173 g/mol. The maximum absolute atomic E-state index is 10.7. The number of nitrogens with zero attached hydrogens (tertiary/aromatic N) is 1. The molecule has 0 spiro atoms. The van der Waals surface area contributed by atoms with E-state index in [9.17, 15) is 13.2 Å². The van der Waals surface area contributed by atoms with Gasteiger partial charge in [-0.15, -0.1) is 0 Å². The molecule has 0 saturated carbocycles. The lowest BCUT2D eigenvalue weighted by atomic mass is 10.6. The molecule has 0 unspecified atom stereocenters. The molecule has 0 aromatic heterocycles. The lowest BCUT2D eigenvalue weighted by Gasteiger charge is -2.14. The highest BCUT2D eigenvalue weighted by molar-refractivity contribution is 5.79. The fourth-order valence-corrected chi connectivity index (χ4v) is 0. The van der Waals surface area contributed by atoms with Gasteiger partial charge in [0.15, 0.2) is 0 Å². The highest BCUT2D eigenvalue weighted by Crippen LogP contribution is 2.11. The zero-order valence-electron chi connectivity index (χ0n) is 7.57. The van der Waals surface area contributed by atoms with Crippen molar-refractivity contribution in [1.29, 1.82) is 0 Å². The summed E-state index contributed by atoms with van der Waals surface area (Å²) in [6.45, 7) is 0. The first kappa shape index (κ1) is 13.8. The number of amides is 1. The van der Waals surface area contributed by atoms with E-state index in [1.54, 1.807) is 0 Å². The van der Waals surface area contributed by atoms with Gasteiger partial charge in [0, 0.05) is 0 Å². The lowest BCUT2D eigenvalue weighted by molar-refractivity contribution is -0.849. The van der Waals surface area contributed by atoms with Crippen molar-refractivity contribution in [2.75, 3.05) is 28.2 Å². The number of rotatable bonds is 0. The van der Waals surface area contributed by atoms with Crippen molar-refractivity contribution in [2.24, 2.45) is 5.73 Å². The van der Waals surface area contributed by atoms with Crippen molar-refractivity contribution >= 4 is 5.91 Å². The first-order chi connectivity index (χ1) is 4.94. The number of primary amides is 1. The second-order valence-electron chi connectivity index (χ2n) is 3.55. The number of alkyl halides is 3. The minimum atomic E-state index is -4.86. The summed E-state index contributed by atoms with van der Waals surface area (Å²) in [6, 6.07) is 0. The van der Waals surface area contributed by atoms with Gasteiger partial charge >= 0.3 is 12.1 Å². The molecule has 0 aliphatic heterocycles. The third kappa shape index (κ3) is 22.9. The number of quaternary nitrogens is 1. The Morgan fingerprint density at radius 2 is 1.25 bits per heavy atom. The van der Waals surface area contributed by atoms with Crippen LogP contribution in [0.25, 0.3) is 0 Å². The Kier molecular flexibility index (Phi) is 4.94. The normalized spacial score (nSPS) is 11.6. The van der Waals surface area contributed by atoms with Crippen molar-refractivity contribution < 1.29 is 22.4 Å². The van der Waals surface area contributed by atoms with E-state index in [-0.39, 0.29) is 0 Å². The van der Waals surface area contributed by atoms with E-state index in [4.69, 9.17) is 4.79 Å². The van der Waals surface area contributed by atoms with E-state index >= 15 is 0 Å². The summed E-state index contributed by atoms with van der Waals surface area (Å²) in [6.07, 6.45) is -4.86. The van der Waals surface area contributed by atoms with Gasteiger partial charge in [0.25, 0.3) is 0 Å². The zero-order chi connectivity index (χ0) is 10.6. The van der Waals surface area contributed by atoms with Crippen LogP contribution in [0.1, 0.15) is 0 Å². The molecule has 0 fully saturated rings. The van der Waals surface area contributed by atoms with Crippen LogP contribution in [0.4, 0.5) is 13.2 Å². The van der Waals surface area contributed by atoms with Crippen molar-refractivity contribution in [1.82, 2.24) is 0 Å². The summed E-state index contributed by atoms with van der Waals surface area (Å²) in [5, 5.41) is 0. The highest BCUT2D eigenvalue weighted by Gasteiger charge is 2.35. The van der Waals surface area contributed by atoms with Crippen LogP contribution in [-0.4, -0.2) is 44.8 Å². The number of carbonyl (C=O) groups excluding carboxylic acids is 1. The molecule has 0 aromatic rings. The average molecular weight is 187 g/mol. The highest BCUT2D eigenvalue weighted by atomic mass is 19.4. The summed E-state index contributed by atoms with van der Waals surface area (Å²) in [7, 11) is 8.50. The maximum atomic E-state index is 10.7. The molecule has 12 heavy (non-hydrogen) atoms. The molecule has 0 rings (SSSR count). The average Bonchev–Trinajstić information content (AvgIpc) is 1.55. The van der Waals surface area contributed by atoms with Crippen LogP contribution in [0.2, 0.25) is 0 Å². The van der Waals surface area contributed by atoms with Gasteiger partial charge in [-0.1, -0.05) is 0 Å². The molecule has 0 radical (unpaired) electrons. The fraction of sp³-hybridized carbons (Fsp3) is 0.833. The van der Waals surface area contributed by atoms with E-state index in [0.29, 0.717) is 0 Å². The summed E-state index contributed by atoms with van der Waals surface area (Å²) < 4.78 is 33.1. The zero-order valence-corrected chi connectivity index (χ0v) is 7.57. The third-order valence-electron chi connectivity index (χ3n) is 0.279. The molecule has 0 saturated heterocycles. The third-order valence-corrected chi connectivity index (χ3v) is 0.279. The molecule has 0 aliphatic rings. The van der Waals surface area contributed by atoms with Crippen molar-refractivity contribution in [2.45, 2.75) is 6.18 Å². The lowest BCUT2D eigenvalue weighted by Crippen LogP contribution is -2.30. The number of hydrogen-bond acceptors (Lipinski definition) is 1.